The molecule has 0 saturated carbocycles. The van der Waals surface area contributed by atoms with E-state index in [0.717, 1.165) is 5.52 Å². The molecule has 5 rings (SSSR count). The number of aromatic nitrogens is 1. The van der Waals surface area contributed by atoms with Gasteiger partial charge in [-0.1, -0.05) is 84.4 Å². The molecule has 1 aromatic heterocycles. The maximum atomic E-state index is 4.84. The zero-order valence-electron chi connectivity index (χ0n) is 16.1. The van der Waals surface area contributed by atoms with Crippen LogP contribution in [-0.2, 0) is 0 Å². The summed E-state index contributed by atoms with van der Waals surface area (Å²) in [5, 5.41) is 3.72. The minimum Gasteiger partial charge on any atom is -0.256 e. The summed E-state index contributed by atoms with van der Waals surface area (Å²) < 4.78 is 0. The minimum absolute atomic E-state index is 1.06. The molecule has 1 heterocycles. The molecule has 0 saturated heterocycles. The van der Waals surface area contributed by atoms with E-state index in [2.05, 4.69) is 92.7 Å². The topological polar surface area (TPSA) is 12.9 Å². The highest BCUT2D eigenvalue weighted by molar-refractivity contribution is 6.20. The summed E-state index contributed by atoms with van der Waals surface area (Å²) >= 11 is 0. The smallest absolute Gasteiger partial charge is 0.0792 e. The number of hydrogen-bond donors (Lipinski definition) is 0. The zero-order valence-corrected chi connectivity index (χ0v) is 16.1. The number of pyridine rings is 1. The van der Waals surface area contributed by atoms with Gasteiger partial charge in [0.2, 0.25) is 0 Å². The Balaban J connectivity index is 2.01. The molecule has 0 spiro atoms. The van der Waals surface area contributed by atoms with Gasteiger partial charge in [-0.05, 0) is 52.9 Å². The number of nitrogens with zero attached hydrogens (tertiary/aromatic N) is 1. The highest BCUT2D eigenvalue weighted by atomic mass is 14.7. The van der Waals surface area contributed by atoms with Gasteiger partial charge in [0.25, 0.3) is 0 Å². The van der Waals surface area contributed by atoms with Crippen LogP contribution in [0.2, 0.25) is 0 Å². The van der Waals surface area contributed by atoms with Crippen LogP contribution in [0.3, 0.4) is 0 Å². The highest BCUT2D eigenvalue weighted by Gasteiger charge is 2.17. The van der Waals surface area contributed by atoms with Crippen molar-refractivity contribution >= 4 is 21.7 Å². The van der Waals surface area contributed by atoms with Gasteiger partial charge < -0.3 is 0 Å². The quantitative estimate of drug-likeness (QED) is 0.300. The van der Waals surface area contributed by atoms with Gasteiger partial charge in [0, 0.05) is 17.1 Å². The second-order valence-corrected chi connectivity index (χ2v) is 7.38. The summed E-state index contributed by atoms with van der Waals surface area (Å²) in [5.74, 6) is 0. The number of aryl methyl sites for hydroxylation is 2. The van der Waals surface area contributed by atoms with Crippen molar-refractivity contribution in [2.75, 3.05) is 0 Å². The van der Waals surface area contributed by atoms with Crippen molar-refractivity contribution in [3.63, 3.8) is 0 Å². The van der Waals surface area contributed by atoms with Crippen molar-refractivity contribution < 1.29 is 0 Å². The van der Waals surface area contributed by atoms with Gasteiger partial charge in [-0.25, -0.2) is 0 Å². The molecule has 0 bridgehead atoms. The van der Waals surface area contributed by atoms with E-state index in [1.165, 1.54) is 49.5 Å². The molecule has 5 aromatic rings. The third-order valence-corrected chi connectivity index (χ3v) is 5.49. The van der Waals surface area contributed by atoms with Crippen molar-refractivity contribution in [1.29, 1.82) is 0 Å². The Kier molecular flexibility index (Phi) is 3.95. The molecule has 0 atom stereocenters. The lowest BCUT2D eigenvalue weighted by molar-refractivity contribution is 1.38. The Bertz CT molecular complexity index is 1260. The molecule has 134 valence electrons. The maximum absolute atomic E-state index is 4.84. The van der Waals surface area contributed by atoms with Crippen LogP contribution >= 0.6 is 0 Å². The number of fused-ring (bicyclic) bond motifs is 2. The first kappa shape index (κ1) is 16.7. The van der Waals surface area contributed by atoms with E-state index in [4.69, 9.17) is 4.98 Å². The Labute approximate surface area is 165 Å². The van der Waals surface area contributed by atoms with E-state index in [-0.39, 0.29) is 0 Å². The summed E-state index contributed by atoms with van der Waals surface area (Å²) in [6.07, 6.45) is 1.90. The first-order valence-electron chi connectivity index (χ1n) is 9.66. The van der Waals surface area contributed by atoms with Crippen LogP contribution < -0.4 is 0 Å². The van der Waals surface area contributed by atoms with Crippen LogP contribution in [0, 0.1) is 13.8 Å². The van der Waals surface area contributed by atoms with Crippen LogP contribution in [0.5, 0.6) is 0 Å². The molecular weight excluding hydrogens is 338 g/mol. The van der Waals surface area contributed by atoms with Crippen LogP contribution in [0.25, 0.3) is 43.9 Å². The largest absolute Gasteiger partial charge is 0.256 e. The van der Waals surface area contributed by atoms with Gasteiger partial charge in [0.15, 0.2) is 0 Å². The lowest BCUT2D eigenvalue weighted by Crippen LogP contribution is -1.94. The van der Waals surface area contributed by atoms with Crippen molar-refractivity contribution in [3.05, 3.63) is 102 Å². The normalized spacial score (nSPS) is 11.2. The molecule has 0 radical (unpaired) electrons. The molecule has 0 N–H and O–H groups in total. The van der Waals surface area contributed by atoms with Crippen molar-refractivity contribution in [3.8, 4) is 22.3 Å². The third kappa shape index (κ3) is 2.59. The zero-order chi connectivity index (χ0) is 19.1. The molecule has 0 aliphatic rings. The number of rotatable bonds is 2. The Morgan fingerprint density at radius 1 is 0.607 bits per heavy atom. The molecule has 28 heavy (non-hydrogen) atoms. The van der Waals surface area contributed by atoms with Gasteiger partial charge in [-0.3, -0.25) is 4.98 Å². The Morgan fingerprint density at radius 2 is 1.29 bits per heavy atom. The molecule has 0 unspecified atom stereocenters. The standard InChI is InChI=1S/C27H21N/c1-18-14-15-21(19(2)17-18)26-23-12-7-6-11-22(23)25(20-9-4-3-5-10-20)27-24(26)13-8-16-28-27/h3-17H,1-2H3. The number of hydrogen-bond acceptors (Lipinski definition) is 1. The van der Waals surface area contributed by atoms with E-state index >= 15 is 0 Å². The predicted molar refractivity (Wildman–Crippen MR) is 120 cm³/mol. The molecule has 0 amide bonds. The summed E-state index contributed by atoms with van der Waals surface area (Å²) in [6, 6.07) is 30.3. The molecule has 0 aliphatic heterocycles. The van der Waals surface area contributed by atoms with Gasteiger partial charge in [0.1, 0.15) is 0 Å². The second kappa shape index (κ2) is 6.61. The van der Waals surface area contributed by atoms with E-state index in [9.17, 15) is 0 Å². The summed E-state index contributed by atoms with van der Waals surface area (Å²) in [5.41, 5.74) is 8.60. The van der Waals surface area contributed by atoms with E-state index < -0.39 is 0 Å². The molecule has 1 nitrogen and oxygen atoms in total. The Hall–Kier alpha value is -3.45. The molecule has 1 heteroatoms. The van der Waals surface area contributed by atoms with Crippen LogP contribution in [0.1, 0.15) is 11.1 Å². The van der Waals surface area contributed by atoms with E-state index in [1.54, 1.807) is 0 Å². The van der Waals surface area contributed by atoms with Gasteiger partial charge in [0.05, 0.1) is 5.52 Å². The molecule has 4 aromatic carbocycles. The SMILES string of the molecule is Cc1ccc(-c2c3ccccc3c(-c3ccccc3)c3ncccc23)c(C)c1. The fraction of sp³-hybridized carbons (Fsp3) is 0.0741. The highest BCUT2D eigenvalue weighted by Crippen LogP contribution is 2.43. The second-order valence-electron chi connectivity index (χ2n) is 7.38. The fourth-order valence-corrected chi connectivity index (χ4v) is 4.28. The van der Waals surface area contributed by atoms with Crippen LogP contribution in [-0.4, -0.2) is 4.98 Å². The monoisotopic (exact) mass is 359 g/mol. The lowest BCUT2D eigenvalue weighted by atomic mass is 9.86. The van der Waals surface area contributed by atoms with Crippen LogP contribution in [0.15, 0.2) is 91.1 Å². The van der Waals surface area contributed by atoms with Crippen molar-refractivity contribution in [1.82, 2.24) is 4.98 Å². The fourth-order valence-electron chi connectivity index (χ4n) is 4.28. The Morgan fingerprint density at radius 3 is 2.04 bits per heavy atom. The van der Waals surface area contributed by atoms with Crippen molar-refractivity contribution in [2.45, 2.75) is 13.8 Å². The average molecular weight is 359 g/mol. The van der Waals surface area contributed by atoms with Crippen molar-refractivity contribution in [2.24, 2.45) is 0 Å². The predicted octanol–water partition coefficient (Wildman–Crippen LogP) is 7.34. The minimum atomic E-state index is 1.06. The first-order valence-corrected chi connectivity index (χ1v) is 9.66. The summed E-state index contributed by atoms with van der Waals surface area (Å²) in [4.78, 5) is 4.84. The average Bonchev–Trinajstić information content (AvgIpc) is 2.73. The molecule has 0 fully saturated rings. The molecule has 0 aliphatic carbocycles. The number of benzene rings is 4. The van der Waals surface area contributed by atoms with Gasteiger partial charge in [-0.2, -0.15) is 0 Å². The van der Waals surface area contributed by atoms with Gasteiger partial charge in [-0.15, -0.1) is 0 Å². The lowest BCUT2D eigenvalue weighted by Gasteiger charge is -2.18. The van der Waals surface area contributed by atoms with Crippen LogP contribution in [0.4, 0.5) is 0 Å². The van der Waals surface area contributed by atoms with E-state index in [0.29, 0.717) is 0 Å². The third-order valence-electron chi connectivity index (χ3n) is 5.49. The maximum Gasteiger partial charge on any atom is 0.0792 e. The molecular formula is C27H21N. The summed E-state index contributed by atoms with van der Waals surface area (Å²) in [7, 11) is 0. The first-order chi connectivity index (χ1) is 13.7. The van der Waals surface area contributed by atoms with E-state index in [1.807, 2.05) is 12.3 Å². The van der Waals surface area contributed by atoms with Gasteiger partial charge >= 0.3 is 0 Å². The summed E-state index contributed by atoms with van der Waals surface area (Å²) in [6.45, 7) is 4.34.